The Bertz CT molecular complexity index is 1210. The topological polar surface area (TPSA) is 41.4 Å². The van der Waals surface area contributed by atoms with Crippen molar-refractivity contribution in [3.8, 4) is 16.9 Å². The second kappa shape index (κ2) is 10.5. The first-order chi connectivity index (χ1) is 16.0. The third-order valence-corrected chi connectivity index (χ3v) is 5.61. The molecule has 4 rings (SSSR count). The maximum Gasteiger partial charge on any atom is 0.272 e. The summed E-state index contributed by atoms with van der Waals surface area (Å²) in [6.07, 6.45) is 0. The maximum atomic E-state index is 13.9. The smallest absolute Gasteiger partial charge is 0.272 e. The average molecular weight is 459 g/mol. The SMILES string of the molecule is CN(C)CCN(Cc1ccccc1)C(=O)c1cc(-c2ccccc2)nn1-c1cccc(Cl)c1. The maximum absolute atomic E-state index is 13.9. The van der Waals surface area contributed by atoms with Crippen LogP contribution in [0.2, 0.25) is 5.02 Å². The monoisotopic (exact) mass is 458 g/mol. The molecule has 1 heterocycles. The van der Waals surface area contributed by atoms with Gasteiger partial charge in [0.1, 0.15) is 5.69 Å². The Morgan fingerprint density at radius 3 is 2.24 bits per heavy atom. The van der Waals surface area contributed by atoms with Crippen LogP contribution in [0, 0.1) is 0 Å². The minimum atomic E-state index is -0.0737. The number of aromatic nitrogens is 2. The molecule has 1 aromatic heterocycles. The van der Waals surface area contributed by atoms with Gasteiger partial charge in [0.2, 0.25) is 0 Å². The van der Waals surface area contributed by atoms with Crippen molar-refractivity contribution < 1.29 is 4.79 Å². The molecular formula is C27H27ClN4O. The summed E-state index contributed by atoms with van der Waals surface area (Å²) in [5.41, 5.74) is 4.04. The van der Waals surface area contributed by atoms with Crippen molar-refractivity contribution in [3.63, 3.8) is 0 Å². The summed E-state index contributed by atoms with van der Waals surface area (Å²) in [6.45, 7) is 1.88. The summed E-state index contributed by atoms with van der Waals surface area (Å²) in [5, 5.41) is 5.39. The van der Waals surface area contributed by atoms with E-state index < -0.39 is 0 Å². The molecule has 33 heavy (non-hydrogen) atoms. The molecule has 168 valence electrons. The van der Waals surface area contributed by atoms with E-state index in [0.29, 0.717) is 23.8 Å². The molecule has 0 saturated carbocycles. The zero-order chi connectivity index (χ0) is 23.2. The Balaban J connectivity index is 1.76. The normalized spacial score (nSPS) is 11.0. The van der Waals surface area contributed by atoms with E-state index in [1.165, 1.54) is 0 Å². The van der Waals surface area contributed by atoms with E-state index in [9.17, 15) is 4.79 Å². The first-order valence-corrected chi connectivity index (χ1v) is 11.3. The van der Waals surface area contributed by atoms with Crippen LogP contribution >= 0.6 is 11.6 Å². The highest BCUT2D eigenvalue weighted by Crippen LogP contribution is 2.24. The van der Waals surface area contributed by atoms with Gasteiger partial charge in [-0.15, -0.1) is 0 Å². The number of amides is 1. The predicted octanol–water partition coefficient (Wildman–Crippen LogP) is 5.40. The molecule has 1 amide bonds. The van der Waals surface area contributed by atoms with Crippen molar-refractivity contribution in [1.29, 1.82) is 0 Å². The van der Waals surface area contributed by atoms with Crippen LogP contribution in [-0.4, -0.2) is 52.7 Å². The van der Waals surface area contributed by atoms with Crippen molar-refractivity contribution >= 4 is 17.5 Å². The summed E-state index contributed by atoms with van der Waals surface area (Å²) in [7, 11) is 4.02. The van der Waals surface area contributed by atoms with Crippen LogP contribution in [0.3, 0.4) is 0 Å². The number of rotatable bonds is 8. The summed E-state index contributed by atoms with van der Waals surface area (Å²) in [6, 6.07) is 29.2. The molecule has 0 saturated heterocycles. The number of nitrogens with zero attached hydrogens (tertiary/aromatic N) is 4. The van der Waals surface area contributed by atoms with E-state index in [1.54, 1.807) is 4.68 Å². The molecule has 0 fully saturated rings. The molecule has 0 atom stereocenters. The highest BCUT2D eigenvalue weighted by Gasteiger charge is 2.23. The van der Waals surface area contributed by atoms with Crippen LogP contribution < -0.4 is 0 Å². The molecule has 0 radical (unpaired) electrons. The number of hydrogen-bond acceptors (Lipinski definition) is 3. The number of benzene rings is 3. The first-order valence-electron chi connectivity index (χ1n) is 10.9. The fourth-order valence-electron chi connectivity index (χ4n) is 3.63. The van der Waals surface area contributed by atoms with E-state index in [0.717, 1.165) is 29.1 Å². The van der Waals surface area contributed by atoms with Crippen molar-refractivity contribution in [2.24, 2.45) is 0 Å². The minimum absolute atomic E-state index is 0.0737. The third-order valence-electron chi connectivity index (χ3n) is 5.37. The van der Waals surface area contributed by atoms with Gasteiger partial charge in [-0.1, -0.05) is 78.3 Å². The molecule has 0 spiro atoms. The lowest BCUT2D eigenvalue weighted by Gasteiger charge is -2.25. The molecule has 3 aromatic carbocycles. The fraction of sp³-hybridized carbons (Fsp3) is 0.185. The molecule has 0 aliphatic carbocycles. The minimum Gasteiger partial charge on any atom is -0.332 e. The van der Waals surface area contributed by atoms with Gasteiger partial charge in [-0.25, -0.2) is 4.68 Å². The Labute approximate surface area is 199 Å². The van der Waals surface area contributed by atoms with Crippen LogP contribution in [0.5, 0.6) is 0 Å². The van der Waals surface area contributed by atoms with Crippen molar-refractivity contribution in [1.82, 2.24) is 19.6 Å². The second-order valence-electron chi connectivity index (χ2n) is 8.19. The lowest BCUT2D eigenvalue weighted by Crippen LogP contribution is -2.37. The van der Waals surface area contributed by atoms with E-state index >= 15 is 0 Å². The van der Waals surface area contributed by atoms with Crippen LogP contribution in [0.1, 0.15) is 16.1 Å². The molecule has 0 bridgehead atoms. The molecule has 0 aliphatic heterocycles. The van der Waals surface area contributed by atoms with Crippen molar-refractivity contribution in [2.75, 3.05) is 27.2 Å². The Morgan fingerprint density at radius 1 is 0.879 bits per heavy atom. The van der Waals surface area contributed by atoms with Crippen molar-refractivity contribution in [2.45, 2.75) is 6.54 Å². The zero-order valence-corrected chi connectivity index (χ0v) is 19.6. The third kappa shape index (κ3) is 5.69. The van der Waals surface area contributed by atoms with E-state index in [2.05, 4.69) is 4.90 Å². The van der Waals surface area contributed by atoms with Crippen LogP contribution in [-0.2, 0) is 6.54 Å². The highest BCUT2D eigenvalue weighted by molar-refractivity contribution is 6.30. The summed E-state index contributed by atoms with van der Waals surface area (Å²) in [4.78, 5) is 17.9. The molecule has 0 unspecified atom stereocenters. The van der Waals surface area contributed by atoms with Gasteiger partial charge in [0.15, 0.2) is 0 Å². The Kier molecular flexibility index (Phi) is 7.23. The second-order valence-corrected chi connectivity index (χ2v) is 8.62. The Hall–Kier alpha value is -3.41. The highest BCUT2D eigenvalue weighted by atomic mass is 35.5. The van der Waals surface area contributed by atoms with Gasteiger partial charge in [0, 0.05) is 30.2 Å². The number of halogens is 1. The number of likely N-dealkylation sites (N-methyl/N-ethyl adjacent to an activating group) is 1. The van der Waals surface area contributed by atoms with Gasteiger partial charge in [0.05, 0.1) is 11.4 Å². The number of hydrogen-bond donors (Lipinski definition) is 0. The number of carbonyl (C=O) groups is 1. The van der Waals surface area contributed by atoms with Gasteiger partial charge in [-0.3, -0.25) is 4.79 Å². The number of carbonyl (C=O) groups excluding carboxylic acids is 1. The largest absolute Gasteiger partial charge is 0.332 e. The zero-order valence-electron chi connectivity index (χ0n) is 18.9. The van der Waals surface area contributed by atoms with Gasteiger partial charge in [-0.05, 0) is 43.9 Å². The quantitative estimate of drug-likeness (QED) is 0.355. The molecule has 0 N–H and O–H groups in total. The van der Waals surface area contributed by atoms with Gasteiger partial charge < -0.3 is 9.80 Å². The van der Waals surface area contributed by atoms with E-state index in [4.69, 9.17) is 16.7 Å². The fourth-order valence-corrected chi connectivity index (χ4v) is 3.81. The van der Waals surface area contributed by atoms with E-state index in [-0.39, 0.29) is 5.91 Å². The first kappa shape index (κ1) is 22.8. The Morgan fingerprint density at radius 2 is 1.58 bits per heavy atom. The van der Waals surface area contributed by atoms with Crippen LogP contribution in [0.4, 0.5) is 0 Å². The lowest BCUT2D eigenvalue weighted by atomic mass is 10.1. The summed E-state index contributed by atoms with van der Waals surface area (Å²) in [5.74, 6) is -0.0737. The summed E-state index contributed by atoms with van der Waals surface area (Å²) >= 11 is 6.26. The average Bonchev–Trinajstić information content (AvgIpc) is 3.28. The standard InChI is InChI=1S/C27H27ClN4O/c1-30(2)16-17-31(20-21-10-5-3-6-11-21)27(33)26-19-25(22-12-7-4-8-13-22)29-32(26)24-15-9-14-23(28)18-24/h3-15,18-19H,16-17,20H2,1-2H3. The van der Waals surface area contributed by atoms with Gasteiger partial charge >= 0.3 is 0 Å². The summed E-state index contributed by atoms with van der Waals surface area (Å²) < 4.78 is 1.70. The van der Waals surface area contributed by atoms with E-state index in [1.807, 2.05) is 110 Å². The molecule has 5 nitrogen and oxygen atoms in total. The molecule has 0 aliphatic rings. The lowest BCUT2D eigenvalue weighted by molar-refractivity contribution is 0.0722. The van der Waals surface area contributed by atoms with Gasteiger partial charge in [0.25, 0.3) is 5.91 Å². The van der Waals surface area contributed by atoms with Crippen molar-refractivity contribution in [3.05, 3.63) is 107 Å². The van der Waals surface area contributed by atoms with Gasteiger partial charge in [-0.2, -0.15) is 5.10 Å². The molecular weight excluding hydrogens is 432 g/mol. The molecule has 4 aromatic rings. The van der Waals surface area contributed by atoms with Crippen LogP contribution in [0.25, 0.3) is 16.9 Å². The van der Waals surface area contributed by atoms with Crippen LogP contribution in [0.15, 0.2) is 91.0 Å². The molecule has 6 heteroatoms. The predicted molar refractivity (Wildman–Crippen MR) is 134 cm³/mol.